The van der Waals surface area contributed by atoms with E-state index in [2.05, 4.69) is 9.97 Å². The molecule has 8 rings (SSSR count). The van der Waals surface area contributed by atoms with Crippen LogP contribution < -0.4 is 10.2 Å². The van der Waals surface area contributed by atoms with Gasteiger partial charge in [0.1, 0.15) is 53.7 Å². The second-order valence-corrected chi connectivity index (χ2v) is 14.9. The maximum Gasteiger partial charge on any atom is 0.193 e. The lowest BCUT2D eigenvalue weighted by Crippen LogP contribution is -2.61. The molecule has 53 heavy (non-hydrogen) atoms. The van der Waals surface area contributed by atoms with Crippen molar-refractivity contribution < 1.29 is 44.5 Å². The highest BCUT2D eigenvalue weighted by atomic mass is 17.2. The van der Waals surface area contributed by atoms with Crippen molar-refractivity contribution in [3.05, 3.63) is 82.9 Å². The summed E-state index contributed by atoms with van der Waals surface area (Å²) in [5.74, 6) is 1.13. The number of rotatable bonds is 12. The van der Waals surface area contributed by atoms with Gasteiger partial charge in [0.25, 0.3) is 0 Å². The molecule has 1 aliphatic carbocycles. The first kappa shape index (κ1) is 35.6. The van der Waals surface area contributed by atoms with Crippen molar-refractivity contribution in [2.75, 3.05) is 13.2 Å². The van der Waals surface area contributed by atoms with Gasteiger partial charge in [0.2, 0.25) is 0 Å². The molecule has 6 aromatic rings. The van der Waals surface area contributed by atoms with E-state index in [9.17, 15) is 30.3 Å². The Hall–Kier alpha value is -4.41. The van der Waals surface area contributed by atoms with Gasteiger partial charge in [-0.3, -0.25) is 4.79 Å². The van der Waals surface area contributed by atoms with E-state index in [0.29, 0.717) is 45.7 Å². The predicted molar refractivity (Wildman–Crippen MR) is 195 cm³/mol. The van der Waals surface area contributed by atoms with Gasteiger partial charge in [-0.05, 0) is 51.0 Å². The third-order valence-electron chi connectivity index (χ3n) is 11.5. The Morgan fingerprint density at radius 2 is 1.83 bits per heavy atom. The highest BCUT2D eigenvalue weighted by Gasteiger charge is 2.51. The second kappa shape index (κ2) is 13.8. The van der Waals surface area contributed by atoms with Crippen LogP contribution in [0, 0.1) is 12.8 Å². The molecule has 1 fully saturated rings. The zero-order valence-corrected chi connectivity index (χ0v) is 29.7. The van der Waals surface area contributed by atoms with Gasteiger partial charge in [0.05, 0.1) is 35.1 Å². The number of aromatic nitrogens is 4. The number of aliphatic hydroxyl groups is 5. The number of nitrogens with zero attached hydrogens (tertiary/aromatic N) is 2. The molecule has 1 aliphatic heterocycles. The Bertz CT molecular complexity index is 2270. The Morgan fingerprint density at radius 3 is 2.60 bits per heavy atom. The molecule has 6 heterocycles. The van der Waals surface area contributed by atoms with E-state index in [-0.39, 0.29) is 17.9 Å². The van der Waals surface area contributed by atoms with Crippen LogP contribution in [0.4, 0.5) is 0 Å². The minimum Gasteiger partial charge on any atom is -0.482 e. The number of ether oxygens (including phenoxy) is 1. The number of nitrogens with one attached hydrogen (secondary N) is 2. The molecule has 282 valence electrons. The molecule has 0 saturated heterocycles. The fourth-order valence-electron chi connectivity index (χ4n) is 8.41. The zero-order chi connectivity index (χ0) is 37.1. The normalized spacial score (nSPS) is 22.5. The minimum absolute atomic E-state index is 0.0752. The van der Waals surface area contributed by atoms with Gasteiger partial charge in [-0.25, -0.2) is 9.78 Å². The molecular weight excluding hydrogens is 684 g/mol. The molecule has 0 bridgehead atoms. The Balaban J connectivity index is 1.13. The molecule has 5 aromatic heterocycles. The molecule has 14 nitrogen and oxygen atoms in total. The van der Waals surface area contributed by atoms with Gasteiger partial charge in [0, 0.05) is 60.3 Å². The van der Waals surface area contributed by atoms with E-state index in [0.717, 1.165) is 48.5 Å². The predicted octanol–water partition coefficient (Wildman–Crippen LogP) is 3.75. The van der Waals surface area contributed by atoms with Crippen LogP contribution in [-0.2, 0) is 22.7 Å². The van der Waals surface area contributed by atoms with Crippen molar-refractivity contribution >= 4 is 32.9 Å². The molecule has 2 aliphatic rings. The maximum atomic E-state index is 13.4. The highest BCUT2D eigenvalue weighted by Crippen LogP contribution is 2.48. The topological polar surface area (TPSA) is 200 Å². The van der Waals surface area contributed by atoms with Crippen LogP contribution in [0.25, 0.3) is 38.6 Å². The number of H-pyrrole nitrogens is 2. The molecule has 14 heteroatoms. The fraction of sp³-hybridized carbons (Fsp3) is 0.462. The van der Waals surface area contributed by atoms with E-state index < -0.39 is 48.8 Å². The van der Waals surface area contributed by atoms with Crippen molar-refractivity contribution in [1.82, 2.24) is 19.1 Å². The van der Waals surface area contributed by atoms with Crippen LogP contribution in [0.3, 0.4) is 0 Å². The fourth-order valence-corrected chi connectivity index (χ4v) is 8.41. The number of hydrogen-bond donors (Lipinski definition) is 7. The molecule has 6 atom stereocenters. The SMILES string of the molecule is Cc1cc(=O)c2cc3c(c(-n4cc5cc[nH]c5c4)c2o1)O[C@](C)(C1CCCCC1)[C@H](OOC[C@H](O)[C@](O)(Cn1ccc2[nH]ccc21)[C@H](O)[C@H](O)CO)C3. The quantitative estimate of drug-likeness (QED) is 0.0719. The molecular formula is C39H46N4O10. The minimum atomic E-state index is -2.36. The molecule has 0 radical (unpaired) electrons. The zero-order valence-electron chi connectivity index (χ0n) is 29.7. The molecule has 1 saturated carbocycles. The summed E-state index contributed by atoms with van der Waals surface area (Å²) in [6, 6.07) is 8.77. The maximum absolute atomic E-state index is 13.4. The largest absolute Gasteiger partial charge is 0.482 e. The van der Waals surface area contributed by atoms with Crippen LogP contribution in [-0.4, -0.2) is 93.5 Å². The van der Waals surface area contributed by atoms with Gasteiger partial charge < -0.3 is 53.8 Å². The van der Waals surface area contributed by atoms with Crippen LogP contribution in [0.1, 0.15) is 50.4 Å². The number of benzene rings is 1. The average molecular weight is 731 g/mol. The van der Waals surface area contributed by atoms with Crippen molar-refractivity contribution in [1.29, 1.82) is 0 Å². The lowest BCUT2D eigenvalue weighted by Gasteiger charge is -2.47. The van der Waals surface area contributed by atoms with Crippen molar-refractivity contribution in [2.24, 2.45) is 5.92 Å². The Morgan fingerprint density at radius 1 is 1.06 bits per heavy atom. The van der Waals surface area contributed by atoms with Crippen molar-refractivity contribution in [2.45, 2.75) is 94.5 Å². The van der Waals surface area contributed by atoms with Crippen LogP contribution in [0.2, 0.25) is 0 Å². The second-order valence-electron chi connectivity index (χ2n) is 14.9. The highest BCUT2D eigenvalue weighted by molar-refractivity contribution is 5.91. The molecule has 0 amide bonds. The third-order valence-corrected chi connectivity index (χ3v) is 11.5. The lowest BCUT2D eigenvalue weighted by atomic mass is 9.72. The first-order valence-corrected chi connectivity index (χ1v) is 18.2. The monoisotopic (exact) mass is 730 g/mol. The van der Waals surface area contributed by atoms with Crippen LogP contribution in [0.5, 0.6) is 5.75 Å². The first-order valence-electron chi connectivity index (χ1n) is 18.2. The summed E-state index contributed by atoms with van der Waals surface area (Å²) in [5, 5.41) is 55.7. The van der Waals surface area contributed by atoms with Crippen molar-refractivity contribution in [3.8, 4) is 11.4 Å². The van der Waals surface area contributed by atoms with Crippen molar-refractivity contribution in [3.63, 3.8) is 0 Å². The van der Waals surface area contributed by atoms with Crippen LogP contribution in [0.15, 0.2) is 70.5 Å². The average Bonchev–Trinajstić information content (AvgIpc) is 3.95. The summed E-state index contributed by atoms with van der Waals surface area (Å²) in [7, 11) is 0. The summed E-state index contributed by atoms with van der Waals surface area (Å²) in [4.78, 5) is 31.6. The molecule has 0 spiro atoms. The number of fused-ring (bicyclic) bond motifs is 4. The summed E-state index contributed by atoms with van der Waals surface area (Å²) >= 11 is 0. The molecule has 0 unspecified atom stereocenters. The standard InChI is InChI=1S/C39H46N4O10/c1-22-14-30(45)26-15-24-16-33(53-50-20-32(47)39(49,37(48)31(46)19-44)21-42-13-10-27-29(42)9-12-40-27)38(2,25-6-4-3-5-7-25)52-35(24)34(36(26)51-22)43-17-23-8-11-41-28(23)18-43/h8-15,17-18,25,31-33,37,40-41,44,46-49H,3-7,16,19-21H2,1-2H3/t31-,32+,33-,37-,38-,39-/m1/s1. The Kier molecular flexibility index (Phi) is 9.26. The van der Waals surface area contributed by atoms with E-state index in [1.54, 1.807) is 42.1 Å². The smallest absolute Gasteiger partial charge is 0.193 e. The van der Waals surface area contributed by atoms with Gasteiger partial charge in [-0.15, -0.1) is 0 Å². The number of aliphatic hydroxyl groups excluding tert-OH is 4. The summed E-state index contributed by atoms with van der Waals surface area (Å²) < 4.78 is 16.9. The van der Waals surface area contributed by atoms with E-state index in [1.165, 1.54) is 6.07 Å². The number of aryl methyl sites for hydroxylation is 1. The third kappa shape index (κ3) is 6.17. The first-order chi connectivity index (χ1) is 25.5. The van der Waals surface area contributed by atoms with E-state index >= 15 is 0 Å². The van der Waals surface area contributed by atoms with Gasteiger partial charge >= 0.3 is 0 Å². The number of hydrogen-bond acceptors (Lipinski definition) is 10. The van der Waals surface area contributed by atoms with Gasteiger partial charge in [-0.1, -0.05) is 19.3 Å². The Labute approximate surface area is 304 Å². The van der Waals surface area contributed by atoms with E-state index in [1.807, 2.05) is 36.1 Å². The summed E-state index contributed by atoms with van der Waals surface area (Å²) in [5.41, 5.74) is 0.655. The van der Waals surface area contributed by atoms with Gasteiger partial charge in [-0.2, -0.15) is 0 Å². The molecule has 1 aromatic carbocycles. The van der Waals surface area contributed by atoms with Crippen LogP contribution >= 0.6 is 0 Å². The van der Waals surface area contributed by atoms with Gasteiger partial charge in [0.15, 0.2) is 16.8 Å². The van der Waals surface area contributed by atoms with E-state index in [4.69, 9.17) is 18.9 Å². The number of aromatic amines is 2. The molecule has 7 N–H and O–H groups in total. The summed E-state index contributed by atoms with van der Waals surface area (Å²) in [6.07, 6.45) is 8.25. The lowest BCUT2D eigenvalue weighted by molar-refractivity contribution is -0.369. The summed E-state index contributed by atoms with van der Waals surface area (Å²) in [6.45, 7) is 1.99.